The van der Waals surface area contributed by atoms with Crippen molar-refractivity contribution in [2.75, 3.05) is 23.8 Å². The average Bonchev–Trinajstić information content (AvgIpc) is 3.30. The van der Waals surface area contributed by atoms with E-state index in [4.69, 9.17) is 9.47 Å². The maximum Gasteiger partial charge on any atom is 0.268 e. The van der Waals surface area contributed by atoms with Gasteiger partial charge in [0.2, 0.25) is 11.0 Å². The Bertz CT molecular complexity index is 1230. The molecule has 2 N–H and O–H groups in total. The van der Waals surface area contributed by atoms with E-state index in [1.54, 1.807) is 48.5 Å². The minimum Gasteiger partial charge on any atom is -0.490 e. The van der Waals surface area contributed by atoms with Crippen LogP contribution < -0.4 is 20.1 Å². The largest absolute Gasteiger partial charge is 0.490 e. The topological polar surface area (TPSA) is 126 Å². The maximum absolute atomic E-state index is 12.4. The normalized spacial score (nSPS) is 11.0. The summed E-state index contributed by atoms with van der Waals surface area (Å²) in [5.74, 6) is 0.832. The Hall–Kier alpha value is -4.23. The number of ether oxygens (including phenoxy) is 2. The molecule has 0 fully saturated rings. The molecule has 0 aliphatic heterocycles. The Morgan fingerprint density at radius 2 is 1.60 bits per heavy atom. The third kappa shape index (κ3) is 7.94. The van der Waals surface area contributed by atoms with Crippen LogP contribution in [0, 0.1) is 11.3 Å². The standard InChI is InChI=1S/C25H25N5O4S/c1-16(2)24-29-30-25(35-24)28-23(32)19(15-26)14-18-4-8-21(9-5-18)33-12-13-34-22-10-6-20(7-11-22)27-17(3)31/h4-11,14,16H,12-13H2,1-3H3,(H,27,31)(H,28,30,32)/b19-14-. The first kappa shape index (κ1) is 25.4. The first-order chi connectivity index (χ1) is 16.8. The van der Waals surface area contributed by atoms with E-state index in [2.05, 4.69) is 20.8 Å². The monoisotopic (exact) mass is 491 g/mol. The molecule has 2 amide bonds. The van der Waals surface area contributed by atoms with Crippen molar-refractivity contribution in [1.82, 2.24) is 10.2 Å². The van der Waals surface area contributed by atoms with Gasteiger partial charge in [0.25, 0.3) is 5.91 Å². The molecule has 0 unspecified atom stereocenters. The van der Waals surface area contributed by atoms with Crippen molar-refractivity contribution in [1.29, 1.82) is 5.26 Å². The van der Waals surface area contributed by atoms with Crippen molar-refractivity contribution in [2.24, 2.45) is 0 Å². The van der Waals surface area contributed by atoms with Crippen LogP contribution in [0.15, 0.2) is 54.1 Å². The van der Waals surface area contributed by atoms with Gasteiger partial charge in [-0.05, 0) is 48.0 Å². The van der Waals surface area contributed by atoms with E-state index in [1.807, 2.05) is 19.9 Å². The molecule has 9 nitrogen and oxygen atoms in total. The Morgan fingerprint density at radius 3 is 2.11 bits per heavy atom. The first-order valence-corrected chi connectivity index (χ1v) is 11.7. The lowest BCUT2D eigenvalue weighted by Gasteiger charge is -2.09. The lowest BCUT2D eigenvalue weighted by molar-refractivity contribution is -0.114. The second-order valence-electron chi connectivity index (χ2n) is 7.70. The molecule has 180 valence electrons. The molecular formula is C25H25N5O4S. The van der Waals surface area contributed by atoms with E-state index in [9.17, 15) is 14.9 Å². The molecule has 0 saturated heterocycles. The minimum atomic E-state index is -0.540. The Morgan fingerprint density at radius 1 is 1.00 bits per heavy atom. The van der Waals surface area contributed by atoms with Crippen molar-refractivity contribution >= 4 is 40.0 Å². The van der Waals surface area contributed by atoms with Crippen LogP contribution in [0.4, 0.5) is 10.8 Å². The lowest BCUT2D eigenvalue weighted by Crippen LogP contribution is -2.13. The summed E-state index contributed by atoms with van der Waals surface area (Å²) >= 11 is 1.28. The number of nitriles is 1. The molecule has 10 heteroatoms. The summed E-state index contributed by atoms with van der Waals surface area (Å²) in [6.45, 7) is 6.09. The summed E-state index contributed by atoms with van der Waals surface area (Å²) in [6, 6.07) is 16.0. The van der Waals surface area contributed by atoms with Gasteiger partial charge >= 0.3 is 0 Å². The van der Waals surface area contributed by atoms with E-state index >= 15 is 0 Å². The van der Waals surface area contributed by atoms with E-state index in [-0.39, 0.29) is 17.4 Å². The summed E-state index contributed by atoms with van der Waals surface area (Å²) in [7, 11) is 0. The molecule has 0 spiro atoms. The highest BCUT2D eigenvalue weighted by Gasteiger charge is 2.14. The van der Waals surface area contributed by atoms with Crippen molar-refractivity contribution in [3.8, 4) is 17.6 Å². The maximum atomic E-state index is 12.4. The number of aromatic nitrogens is 2. The molecule has 1 heterocycles. The number of carbonyl (C=O) groups is 2. The Kier molecular flexibility index (Phi) is 8.92. The molecular weight excluding hydrogens is 466 g/mol. The highest BCUT2D eigenvalue weighted by Crippen LogP contribution is 2.23. The fourth-order valence-corrected chi connectivity index (χ4v) is 3.56. The van der Waals surface area contributed by atoms with Gasteiger partial charge in [-0.25, -0.2) is 0 Å². The average molecular weight is 492 g/mol. The summed E-state index contributed by atoms with van der Waals surface area (Å²) in [5.41, 5.74) is 1.34. The molecule has 0 saturated carbocycles. The molecule has 3 rings (SSSR count). The van der Waals surface area contributed by atoms with Gasteiger partial charge in [0.05, 0.1) is 0 Å². The van der Waals surface area contributed by atoms with Crippen LogP contribution >= 0.6 is 11.3 Å². The van der Waals surface area contributed by atoms with E-state index < -0.39 is 5.91 Å². The van der Waals surface area contributed by atoms with Gasteiger partial charge in [-0.2, -0.15) is 5.26 Å². The van der Waals surface area contributed by atoms with Gasteiger partial charge in [0, 0.05) is 18.5 Å². The summed E-state index contributed by atoms with van der Waals surface area (Å²) in [6.07, 6.45) is 1.50. The third-order valence-electron chi connectivity index (χ3n) is 4.51. The highest BCUT2D eigenvalue weighted by atomic mass is 32.1. The number of nitrogens with one attached hydrogen (secondary N) is 2. The predicted molar refractivity (Wildman–Crippen MR) is 134 cm³/mol. The molecule has 0 bridgehead atoms. The number of benzene rings is 2. The van der Waals surface area contributed by atoms with Crippen LogP contribution in [0.5, 0.6) is 11.5 Å². The van der Waals surface area contributed by atoms with E-state index in [1.165, 1.54) is 24.3 Å². The van der Waals surface area contributed by atoms with E-state index in [0.29, 0.717) is 41.1 Å². The minimum absolute atomic E-state index is 0.0436. The second kappa shape index (κ2) is 12.3. The van der Waals surface area contributed by atoms with Crippen LogP contribution in [0.25, 0.3) is 6.08 Å². The van der Waals surface area contributed by atoms with Crippen molar-refractivity contribution in [3.05, 3.63) is 64.7 Å². The highest BCUT2D eigenvalue weighted by molar-refractivity contribution is 7.15. The number of nitrogens with zero attached hydrogens (tertiary/aromatic N) is 3. The number of hydrogen-bond donors (Lipinski definition) is 2. The van der Waals surface area contributed by atoms with Crippen LogP contribution in [-0.2, 0) is 9.59 Å². The van der Waals surface area contributed by atoms with E-state index in [0.717, 1.165) is 5.01 Å². The fourth-order valence-electron chi connectivity index (χ4n) is 2.82. The second-order valence-corrected chi connectivity index (χ2v) is 8.70. The van der Waals surface area contributed by atoms with Gasteiger partial charge in [-0.3, -0.25) is 14.9 Å². The fraction of sp³-hybridized carbons (Fsp3) is 0.240. The molecule has 0 aliphatic carbocycles. The number of carbonyl (C=O) groups excluding carboxylic acids is 2. The summed E-state index contributed by atoms with van der Waals surface area (Å²) in [5, 5.41) is 23.8. The molecule has 0 radical (unpaired) electrons. The Labute approximate surface area is 207 Å². The number of rotatable bonds is 10. The van der Waals surface area contributed by atoms with Gasteiger partial charge in [0.15, 0.2) is 0 Å². The molecule has 0 aliphatic rings. The van der Waals surface area contributed by atoms with Gasteiger partial charge in [-0.1, -0.05) is 37.3 Å². The van der Waals surface area contributed by atoms with Gasteiger partial charge in [0.1, 0.15) is 41.4 Å². The predicted octanol–water partition coefficient (Wildman–Crippen LogP) is 4.62. The van der Waals surface area contributed by atoms with Crippen LogP contribution in [-0.4, -0.2) is 35.2 Å². The molecule has 35 heavy (non-hydrogen) atoms. The molecule has 2 aromatic carbocycles. The van der Waals surface area contributed by atoms with Crippen molar-refractivity contribution < 1.29 is 19.1 Å². The van der Waals surface area contributed by atoms with Crippen molar-refractivity contribution in [3.63, 3.8) is 0 Å². The van der Waals surface area contributed by atoms with Crippen LogP contribution in [0.3, 0.4) is 0 Å². The zero-order chi connectivity index (χ0) is 25.2. The molecule has 0 atom stereocenters. The first-order valence-electron chi connectivity index (χ1n) is 10.8. The molecule has 3 aromatic rings. The quantitative estimate of drug-likeness (QED) is 0.241. The number of hydrogen-bond acceptors (Lipinski definition) is 8. The van der Waals surface area contributed by atoms with Crippen LogP contribution in [0.2, 0.25) is 0 Å². The smallest absolute Gasteiger partial charge is 0.268 e. The Balaban J connectivity index is 1.48. The SMILES string of the molecule is CC(=O)Nc1ccc(OCCOc2ccc(/C=C(/C#N)C(=O)Nc3nnc(C(C)C)s3)cc2)cc1. The van der Waals surface area contributed by atoms with Crippen LogP contribution in [0.1, 0.15) is 37.3 Å². The van der Waals surface area contributed by atoms with Gasteiger partial charge in [-0.15, -0.1) is 10.2 Å². The lowest BCUT2D eigenvalue weighted by atomic mass is 10.1. The van der Waals surface area contributed by atoms with Crippen molar-refractivity contribution in [2.45, 2.75) is 26.7 Å². The van der Waals surface area contributed by atoms with Gasteiger partial charge < -0.3 is 14.8 Å². The number of amides is 2. The summed E-state index contributed by atoms with van der Waals surface area (Å²) < 4.78 is 11.3. The zero-order valence-corrected chi connectivity index (χ0v) is 20.4. The summed E-state index contributed by atoms with van der Waals surface area (Å²) in [4.78, 5) is 23.5. The molecule has 1 aromatic heterocycles. The zero-order valence-electron chi connectivity index (χ0n) is 19.6. The third-order valence-corrected chi connectivity index (χ3v) is 5.65. The number of anilines is 2.